The first-order valence-corrected chi connectivity index (χ1v) is 9.01. The number of hydrogen-bond donors (Lipinski definition) is 1. The number of amides is 1. The minimum Gasteiger partial charge on any atom is -0.495 e. The van der Waals surface area contributed by atoms with E-state index >= 15 is 0 Å². The summed E-state index contributed by atoms with van der Waals surface area (Å²) in [5, 5.41) is 5.94. The molecule has 1 N–H and O–H groups in total. The van der Waals surface area contributed by atoms with E-state index in [-0.39, 0.29) is 12.1 Å². The van der Waals surface area contributed by atoms with Gasteiger partial charge in [0.05, 0.1) is 17.7 Å². The number of rotatable bonds is 3. The van der Waals surface area contributed by atoms with Gasteiger partial charge in [-0.1, -0.05) is 29.8 Å². The first kappa shape index (κ1) is 16.0. The summed E-state index contributed by atoms with van der Waals surface area (Å²) >= 11 is 7.89. The molecule has 25 heavy (non-hydrogen) atoms. The first-order valence-electron chi connectivity index (χ1n) is 7.75. The second-order valence-electron chi connectivity index (χ2n) is 5.60. The molecule has 0 fully saturated rings. The third-order valence-corrected chi connectivity index (χ3v) is 5.37. The number of para-hydroxylation sites is 1. The molecule has 6 heteroatoms. The number of nitrogens with one attached hydrogen (secondary N) is 1. The van der Waals surface area contributed by atoms with Gasteiger partial charge in [0.15, 0.2) is 0 Å². The zero-order chi connectivity index (χ0) is 17.4. The van der Waals surface area contributed by atoms with Gasteiger partial charge in [-0.2, -0.15) is 0 Å². The highest BCUT2D eigenvalue weighted by molar-refractivity contribution is 7.10. The smallest absolute Gasteiger partial charge is 0.262 e. The molecule has 3 aromatic rings. The second-order valence-corrected chi connectivity index (χ2v) is 6.99. The predicted octanol–water partition coefficient (Wildman–Crippen LogP) is 5.18. The number of benzene rings is 2. The molecule has 4 rings (SSSR count). The van der Waals surface area contributed by atoms with Crippen LogP contribution < -0.4 is 15.0 Å². The Hall–Kier alpha value is -2.50. The summed E-state index contributed by atoms with van der Waals surface area (Å²) in [5.41, 5.74) is 2.19. The maximum Gasteiger partial charge on any atom is 0.262 e. The van der Waals surface area contributed by atoms with Gasteiger partial charge in [-0.05, 0) is 41.8 Å². The first-order chi connectivity index (χ1) is 12.2. The van der Waals surface area contributed by atoms with Crippen molar-refractivity contribution in [3.63, 3.8) is 0 Å². The largest absolute Gasteiger partial charge is 0.495 e. The molecule has 126 valence electrons. The molecule has 2 aromatic carbocycles. The lowest BCUT2D eigenvalue weighted by molar-refractivity contribution is 0.0975. The van der Waals surface area contributed by atoms with Crippen molar-refractivity contribution >= 4 is 40.2 Å². The van der Waals surface area contributed by atoms with Crippen LogP contribution in [0.25, 0.3) is 0 Å². The van der Waals surface area contributed by atoms with Gasteiger partial charge in [-0.3, -0.25) is 9.69 Å². The van der Waals surface area contributed by atoms with E-state index in [4.69, 9.17) is 16.3 Å². The second kappa shape index (κ2) is 6.43. The maximum atomic E-state index is 13.2. The molecule has 0 spiro atoms. The summed E-state index contributed by atoms with van der Waals surface area (Å²) in [6.45, 7) is 0. The number of nitrogens with zero attached hydrogens (tertiary/aromatic N) is 1. The molecule has 1 aliphatic rings. The number of carbonyl (C=O) groups excluding carboxylic acids is 1. The van der Waals surface area contributed by atoms with E-state index in [2.05, 4.69) is 5.32 Å². The third-order valence-electron chi connectivity index (χ3n) is 4.15. The number of hydrogen-bond acceptors (Lipinski definition) is 4. The standard InChI is InChI=1S/C19H15ClN2O2S/c1-24-16-9-8-12(11-14(16)20)22-18(17-7-4-10-25-17)21-15-6-3-2-5-13(15)19(22)23/h2-11,18,21H,1H3/t18-/m1/s1. The minimum absolute atomic E-state index is 0.0611. The maximum absolute atomic E-state index is 13.2. The zero-order valence-corrected chi connectivity index (χ0v) is 15.0. The van der Waals surface area contributed by atoms with Gasteiger partial charge in [-0.25, -0.2) is 0 Å². The number of ether oxygens (including phenoxy) is 1. The highest BCUT2D eigenvalue weighted by atomic mass is 35.5. The van der Waals surface area contributed by atoms with Crippen molar-refractivity contribution in [1.29, 1.82) is 0 Å². The Balaban J connectivity index is 1.85. The molecule has 4 nitrogen and oxygen atoms in total. The van der Waals surface area contributed by atoms with Crippen LogP contribution in [0.15, 0.2) is 60.0 Å². The lowest BCUT2D eigenvalue weighted by atomic mass is 10.1. The van der Waals surface area contributed by atoms with Crippen LogP contribution in [-0.2, 0) is 0 Å². The average molecular weight is 371 g/mol. The Morgan fingerprint density at radius 1 is 1.16 bits per heavy atom. The molecule has 0 aliphatic carbocycles. The van der Waals surface area contributed by atoms with E-state index in [0.717, 1.165) is 16.3 Å². The van der Waals surface area contributed by atoms with E-state index in [1.54, 1.807) is 35.5 Å². The quantitative estimate of drug-likeness (QED) is 0.690. The number of fused-ring (bicyclic) bond motifs is 1. The highest BCUT2D eigenvalue weighted by Crippen LogP contribution is 2.39. The van der Waals surface area contributed by atoms with Crippen LogP contribution in [0.1, 0.15) is 21.4 Å². The topological polar surface area (TPSA) is 41.6 Å². The van der Waals surface area contributed by atoms with E-state index in [0.29, 0.717) is 16.3 Å². The van der Waals surface area contributed by atoms with Crippen molar-refractivity contribution in [2.45, 2.75) is 6.17 Å². The van der Waals surface area contributed by atoms with Crippen molar-refractivity contribution in [2.24, 2.45) is 0 Å². The van der Waals surface area contributed by atoms with Crippen LogP contribution >= 0.6 is 22.9 Å². The molecule has 1 aliphatic heterocycles. The molecule has 0 radical (unpaired) electrons. The van der Waals surface area contributed by atoms with Crippen LogP contribution in [0.2, 0.25) is 5.02 Å². The Morgan fingerprint density at radius 3 is 2.72 bits per heavy atom. The molecule has 0 saturated carbocycles. The molecular weight excluding hydrogens is 356 g/mol. The zero-order valence-electron chi connectivity index (χ0n) is 13.4. The molecule has 0 bridgehead atoms. The van der Waals surface area contributed by atoms with Crippen molar-refractivity contribution in [1.82, 2.24) is 0 Å². The molecule has 1 aromatic heterocycles. The van der Waals surface area contributed by atoms with Crippen LogP contribution in [0, 0.1) is 0 Å². The van der Waals surface area contributed by atoms with Gasteiger partial charge in [0.1, 0.15) is 11.9 Å². The van der Waals surface area contributed by atoms with Gasteiger partial charge in [0.2, 0.25) is 0 Å². The van der Waals surface area contributed by atoms with Crippen molar-refractivity contribution < 1.29 is 9.53 Å². The fraction of sp³-hybridized carbons (Fsp3) is 0.105. The summed E-state index contributed by atoms with van der Waals surface area (Å²) < 4.78 is 5.22. The number of methoxy groups -OCH3 is 1. The Labute approximate surface area is 154 Å². The number of halogens is 1. The summed E-state index contributed by atoms with van der Waals surface area (Å²) in [6, 6.07) is 16.9. The van der Waals surface area contributed by atoms with Crippen LogP contribution in [0.3, 0.4) is 0 Å². The summed E-state index contributed by atoms with van der Waals surface area (Å²) in [5.74, 6) is 0.518. The fourth-order valence-corrected chi connectivity index (χ4v) is 3.99. The SMILES string of the molecule is COc1ccc(N2C(=O)c3ccccc3N[C@H]2c2cccs2)cc1Cl. The summed E-state index contributed by atoms with van der Waals surface area (Å²) in [6.07, 6.45) is -0.285. The normalized spacial score (nSPS) is 16.3. The van der Waals surface area contributed by atoms with Gasteiger partial charge in [-0.15, -0.1) is 11.3 Å². The lowest BCUT2D eigenvalue weighted by Crippen LogP contribution is -2.42. The van der Waals surface area contributed by atoms with Crippen LogP contribution in [0.5, 0.6) is 5.75 Å². The Morgan fingerprint density at radius 2 is 2.00 bits per heavy atom. The Bertz CT molecular complexity index is 927. The molecule has 1 amide bonds. The molecule has 0 unspecified atom stereocenters. The van der Waals surface area contributed by atoms with Crippen LogP contribution in [0.4, 0.5) is 11.4 Å². The van der Waals surface area contributed by atoms with Gasteiger partial charge in [0.25, 0.3) is 5.91 Å². The summed E-state index contributed by atoms with van der Waals surface area (Å²) in [4.78, 5) is 16.0. The number of carbonyl (C=O) groups is 1. The van der Waals surface area contributed by atoms with Gasteiger partial charge in [0, 0.05) is 16.3 Å². The molecule has 1 atom stereocenters. The van der Waals surface area contributed by atoms with Crippen molar-refractivity contribution in [3.05, 3.63) is 75.4 Å². The molecule has 0 saturated heterocycles. The van der Waals surface area contributed by atoms with E-state index in [1.807, 2.05) is 47.8 Å². The Kier molecular flexibility index (Phi) is 4.11. The van der Waals surface area contributed by atoms with Gasteiger partial charge < -0.3 is 10.1 Å². The van der Waals surface area contributed by atoms with E-state index < -0.39 is 0 Å². The van der Waals surface area contributed by atoms with E-state index in [9.17, 15) is 4.79 Å². The summed E-state index contributed by atoms with van der Waals surface area (Å²) in [7, 11) is 1.57. The van der Waals surface area contributed by atoms with Gasteiger partial charge >= 0.3 is 0 Å². The fourth-order valence-electron chi connectivity index (χ4n) is 2.97. The lowest BCUT2D eigenvalue weighted by Gasteiger charge is -2.37. The number of anilines is 2. The minimum atomic E-state index is -0.285. The van der Waals surface area contributed by atoms with Crippen molar-refractivity contribution in [2.75, 3.05) is 17.3 Å². The van der Waals surface area contributed by atoms with Crippen LogP contribution in [-0.4, -0.2) is 13.0 Å². The molecule has 2 heterocycles. The monoisotopic (exact) mass is 370 g/mol. The molecular formula is C19H15ClN2O2S. The van der Waals surface area contributed by atoms with Crippen molar-refractivity contribution in [3.8, 4) is 5.75 Å². The predicted molar refractivity (Wildman–Crippen MR) is 102 cm³/mol. The third kappa shape index (κ3) is 2.75. The highest BCUT2D eigenvalue weighted by Gasteiger charge is 2.34. The average Bonchev–Trinajstić information content (AvgIpc) is 3.16. The number of thiophene rings is 1. The van der Waals surface area contributed by atoms with E-state index in [1.165, 1.54) is 0 Å².